The Morgan fingerprint density at radius 3 is 2.41 bits per heavy atom. The number of nitrogens with one attached hydrogen (secondary N) is 1. The molecule has 1 aliphatic heterocycles. The van der Waals surface area contributed by atoms with E-state index in [1.54, 1.807) is 25.2 Å². The third kappa shape index (κ3) is 5.75. The number of anilines is 2. The molecule has 0 saturated carbocycles. The van der Waals surface area contributed by atoms with Crippen molar-refractivity contribution in [3.05, 3.63) is 90.9 Å². The molecule has 0 unspecified atom stereocenters. The number of piperazine rings is 1. The number of hydrogen-bond acceptors (Lipinski definition) is 9. The van der Waals surface area contributed by atoms with Crippen LogP contribution in [0.15, 0.2) is 58.4 Å². The van der Waals surface area contributed by atoms with Crippen molar-refractivity contribution in [2.45, 2.75) is 6.42 Å². The Hall–Kier alpha value is -4.32. The molecule has 1 saturated heterocycles. The van der Waals surface area contributed by atoms with Gasteiger partial charge in [-0.25, -0.2) is 4.79 Å². The summed E-state index contributed by atoms with van der Waals surface area (Å²) < 4.78 is 2.59. The van der Waals surface area contributed by atoms with Crippen LogP contribution in [0, 0.1) is 10.1 Å². The second-order valence-electron chi connectivity index (χ2n) is 8.90. The fraction of sp³-hybridized carbons (Fsp3) is 0.360. The fourth-order valence-corrected chi connectivity index (χ4v) is 4.40. The van der Waals surface area contributed by atoms with Crippen LogP contribution in [0.3, 0.4) is 0 Å². The molecular formula is C25H29N7O5. The molecule has 0 amide bonds. The quantitative estimate of drug-likeness (QED) is 0.196. The standard InChI is InChI=1S/C25H29N7O5/c1-28-22(17-23(33)29(2)25(28)35)31-14-12-30(13-15-31)11-3-8-27-21-5-4-19(32(36)37)16-20(21)24(34)18-6-9-26-10-7-18/h4-7,9-10,16-17,27H,3,8,11-15H2,1-2H3. The van der Waals surface area contributed by atoms with Crippen molar-refractivity contribution in [1.82, 2.24) is 19.0 Å². The van der Waals surface area contributed by atoms with E-state index >= 15 is 0 Å². The van der Waals surface area contributed by atoms with E-state index in [0.717, 1.165) is 30.6 Å². The molecule has 12 heteroatoms. The molecule has 0 aliphatic carbocycles. The second kappa shape index (κ2) is 11.2. The number of benzene rings is 1. The Balaban J connectivity index is 1.34. The third-order valence-electron chi connectivity index (χ3n) is 6.56. The van der Waals surface area contributed by atoms with Crippen molar-refractivity contribution < 1.29 is 9.72 Å². The molecule has 0 radical (unpaired) electrons. The molecular weight excluding hydrogens is 478 g/mol. The molecule has 1 fully saturated rings. The Morgan fingerprint density at radius 2 is 1.73 bits per heavy atom. The summed E-state index contributed by atoms with van der Waals surface area (Å²) in [6, 6.07) is 8.91. The summed E-state index contributed by atoms with van der Waals surface area (Å²) in [6.07, 6.45) is 3.81. The van der Waals surface area contributed by atoms with E-state index in [9.17, 15) is 24.5 Å². The number of carbonyl (C=O) groups excluding carboxylic acids is 1. The van der Waals surface area contributed by atoms with Gasteiger partial charge in [-0.1, -0.05) is 0 Å². The highest BCUT2D eigenvalue weighted by molar-refractivity contribution is 6.12. The lowest BCUT2D eigenvalue weighted by atomic mass is 10.0. The minimum absolute atomic E-state index is 0.144. The SMILES string of the molecule is Cn1c(N2CCN(CCCNc3ccc([N+](=O)[O-])cc3C(=O)c3ccncc3)CC2)cc(=O)n(C)c1=O. The Morgan fingerprint density at radius 1 is 1.03 bits per heavy atom. The van der Waals surface area contributed by atoms with Gasteiger partial charge >= 0.3 is 5.69 Å². The van der Waals surface area contributed by atoms with Crippen LogP contribution in [0.1, 0.15) is 22.3 Å². The van der Waals surface area contributed by atoms with E-state index in [4.69, 9.17) is 0 Å². The lowest BCUT2D eigenvalue weighted by Gasteiger charge is -2.36. The highest BCUT2D eigenvalue weighted by Crippen LogP contribution is 2.25. The number of carbonyl (C=O) groups is 1. The predicted octanol–water partition coefficient (Wildman–Crippen LogP) is 1.24. The maximum absolute atomic E-state index is 13.0. The fourth-order valence-electron chi connectivity index (χ4n) is 4.40. The lowest BCUT2D eigenvalue weighted by molar-refractivity contribution is -0.384. The highest BCUT2D eigenvalue weighted by Gasteiger charge is 2.21. The van der Waals surface area contributed by atoms with Crippen molar-refractivity contribution >= 4 is 23.0 Å². The van der Waals surface area contributed by atoms with E-state index in [0.29, 0.717) is 36.7 Å². The normalized spacial score (nSPS) is 13.9. The second-order valence-corrected chi connectivity index (χ2v) is 8.90. The largest absolute Gasteiger partial charge is 0.384 e. The molecule has 3 heterocycles. The summed E-state index contributed by atoms with van der Waals surface area (Å²) in [5, 5.41) is 14.5. The molecule has 194 valence electrons. The first kappa shape index (κ1) is 25.8. The molecule has 0 bridgehead atoms. The first-order valence-corrected chi connectivity index (χ1v) is 12.0. The van der Waals surface area contributed by atoms with Crippen molar-refractivity contribution in [3.63, 3.8) is 0 Å². The maximum Gasteiger partial charge on any atom is 0.332 e. The third-order valence-corrected chi connectivity index (χ3v) is 6.56. The maximum atomic E-state index is 13.0. The molecule has 1 N–H and O–H groups in total. The minimum atomic E-state index is -0.516. The van der Waals surface area contributed by atoms with E-state index in [1.165, 1.54) is 42.2 Å². The van der Waals surface area contributed by atoms with Crippen LogP contribution in [0.4, 0.5) is 17.2 Å². The molecule has 1 aliphatic rings. The number of pyridine rings is 1. The minimum Gasteiger partial charge on any atom is -0.384 e. The van der Waals surface area contributed by atoms with E-state index < -0.39 is 4.92 Å². The van der Waals surface area contributed by atoms with Crippen LogP contribution < -0.4 is 21.5 Å². The first-order chi connectivity index (χ1) is 17.8. The zero-order valence-electron chi connectivity index (χ0n) is 20.8. The van der Waals surface area contributed by atoms with Gasteiger partial charge in [0.05, 0.1) is 10.5 Å². The smallest absolute Gasteiger partial charge is 0.332 e. The number of nitro groups is 1. The molecule has 0 atom stereocenters. The molecule has 4 rings (SSSR count). The van der Waals surface area contributed by atoms with Gasteiger partial charge in [-0.3, -0.25) is 38.7 Å². The van der Waals surface area contributed by atoms with Gasteiger partial charge in [0.25, 0.3) is 11.2 Å². The van der Waals surface area contributed by atoms with Gasteiger partial charge in [0.15, 0.2) is 5.78 Å². The molecule has 1 aromatic carbocycles. The number of aromatic nitrogens is 3. The van der Waals surface area contributed by atoms with Gasteiger partial charge in [-0.2, -0.15) is 0 Å². The predicted molar refractivity (Wildman–Crippen MR) is 139 cm³/mol. The van der Waals surface area contributed by atoms with E-state index in [2.05, 4.69) is 15.2 Å². The molecule has 0 spiro atoms. The monoisotopic (exact) mass is 507 g/mol. The topological polar surface area (TPSA) is 136 Å². The van der Waals surface area contributed by atoms with Crippen LogP contribution >= 0.6 is 0 Å². The Kier molecular flexibility index (Phi) is 7.77. The number of nitro benzene ring substituents is 1. The Labute approximate surface area is 212 Å². The Bertz CT molecular complexity index is 1410. The van der Waals surface area contributed by atoms with Crippen LogP contribution in [0.2, 0.25) is 0 Å². The van der Waals surface area contributed by atoms with Crippen LogP contribution in [-0.2, 0) is 14.1 Å². The van der Waals surface area contributed by atoms with Gasteiger partial charge < -0.3 is 10.2 Å². The zero-order chi connectivity index (χ0) is 26.5. The number of ketones is 1. The number of rotatable bonds is 9. The number of hydrogen-bond donors (Lipinski definition) is 1. The molecule has 3 aromatic rings. The van der Waals surface area contributed by atoms with Crippen molar-refractivity contribution in [3.8, 4) is 0 Å². The van der Waals surface area contributed by atoms with Crippen molar-refractivity contribution in [2.75, 3.05) is 49.5 Å². The van der Waals surface area contributed by atoms with Gasteiger partial charge in [0, 0.05) is 88.7 Å². The average Bonchev–Trinajstić information content (AvgIpc) is 2.92. The molecule has 2 aromatic heterocycles. The van der Waals surface area contributed by atoms with Crippen LogP contribution in [0.25, 0.3) is 0 Å². The summed E-state index contributed by atoms with van der Waals surface area (Å²) in [7, 11) is 3.14. The zero-order valence-corrected chi connectivity index (χ0v) is 20.8. The van der Waals surface area contributed by atoms with Crippen LogP contribution in [-0.4, -0.2) is 69.0 Å². The van der Waals surface area contributed by atoms with Crippen molar-refractivity contribution in [1.29, 1.82) is 0 Å². The number of non-ortho nitro benzene ring substituents is 1. The van der Waals surface area contributed by atoms with Crippen LogP contribution in [0.5, 0.6) is 0 Å². The van der Waals surface area contributed by atoms with E-state index in [1.807, 2.05) is 4.90 Å². The molecule has 37 heavy (non-hydrogen) atoms. The van der Waals surface area contributed by atoms with Crippen molar-refractivity contribution in [2.24, 2.45) is 14.1 Å². The summed E-state index contributed by atoms with van der Waals surface area (Å²) in [5.41, 5.74) is 0.390. The summed E-state index contributed by atoms with van der Waals surface area (Å²) in [4.78, 5) is 56.3. The van der Waals surface area contributed by atoms with E-state index in [-0.39, 0.29) is 28.3 Å². The van der Waals surface area contributed by atoms with Gasteiger partial charge in [0.2, 0.25) is 0 Å². The summed E-state index contributed by atoms with van der Waals surface area (Å²) in [5.74, 6) is 0.314. The van der Waals surface area contributed by atoms with Gasteiger partial charge in [-0.15, -0.1) is 0 Å². The number of nitrogens with zero attached hydrogens (tertiary/aromatic N) is 6. The highest BCUT2D eigenvalue weighted by atomic mass is 16.6. The summed E-state index contributed by atoms with van der Waals surface area (Å²) in [6.45, 7) is 4.36. The average molecular weight is 508 g/mol. The lowest BCUT2D eigenvalue weighted by Crippen LogP contribution is -2.49. The van der Waals surface area contributed by atoms with Gasteiger partial charge in [0.1, 0.15) is 5.82 Å². The summed E-state index contributed by atoms with van der Waals surface area (Å²) >= 11 is 0. The molecule has 12 nitrogen and oxygen atoms in total. The first-order valence-electron chi connectivity index (χ1n) is 12.0. The van der Waals surface area contributed by atoms with Gasteiger partial charge in [-0.05, 0) is 31.2 Å².